The molecule has 2 aromatic heterocycles. The molecule has 2 aromatic carbocycles. The number of hydrogen-bond acceptors (Lipinski definition) is 4. The standard InChI is InChI=1S/C22H20N4O2/c1-15-10-11-18(16(2)13-15)23-20(27)14-26-12-6-9-19(26)22-25-24-21(28-22)17-7-4-3-5-8-17/h3-13H,14H2,1-2H3,(H,23,27). The molecule has 0 saturated carbocycles. The van der Waals surface area contributed by atoms with Crippen LogP contribution in [-0.2, 0) is 11.3 Å². The summed E-state index contributed by atoms with van der Waals surface area (Å²) in [5.74, 6) is 0.707. The van der Waals surface area contributed by atoms with Crippen LogP contribution < -0.4 is 5.32 Å². The van der Waals surface area contributed by atoms with Gasteiger partial charge in [0.25, 0.3) is 5.89 Å². The van der Waals surface area contributed by atoms with E-state index in [1.807, 2.05) is 80.7 Å². The van der Waals surface area contributed by atoms with Crippen LogP contribution in [0.25, 0.3) is 23.0 Å². The second-order valence-electron chi connectivity index (χ2n) is 6.67. The Kier molecular flexibility index (Phi) is 4.76. The smallest absolute Gasteiger partial charge is 0.264 e. The van der Waals surface area contributed by atoms with Crippen molar-refractivity contribution in [2.75, 3.05) is 5.32 Å². The normalized spacial score (nSPS) is 10.8. The first-order valence-electron chi connectivity index (χ1n) is 9.02. The predicted molar refractivity (Wildman–Crippen MR) is 108 cm³/mol. The van der Waals surface area contributed by atoms with E-state index in [9.17, 15) is 4.79 Å². The first-order valence-corrected chi connectivity index (χ1v) is 9.02. The molecular weight excluding hydrogens is 352 g/mol. The maximum atomic E-state index is 12.5. The fourth-order valence-corrected chi connectivity index (χ4v) is 3.07. The van der Waals surface area contributed by atoms with E-state index < -0.39 is 0 Å². The van der Waals surface area contributed by atoms with Gasteiger partial charge < -0.3 is 14.3 Å². The molecule has 6 heteroatoms. The zero-order chi connectivity index (χ0) is 19.5. The molecule has 0 aliphatic rings. The number of benzene rings is 2. The molecule has 0 atom stereocenters. The minimum atomic E-state index is -0.118. The molecule has 0 fully saturated rings. The van der Waals surface area contributed by atoms with Gasteiger partial charge in [0.2, 0.25) is 11.8 Å². The van der Waals surface area contributed by atoms with Crippen LogP contribution in [0.5, 0.6) is 0 Å². The van der Waals surface area contributed by atoms with Crippen molar-refractivity contribution >= 4 is 11.6 Å². The van der Waals surface area contributed by atoms with Gasteiger partial charge in [0.15, 0.2) is 0 Å². The lowest BCUT2D eigenvalue weighted by Crippen LogP contribution is -2.19. The Morgan fingerprint density at radius 1 is 1.00 bits per heavy atom. The molecule has 28 heavy (non-hydrogen) atoms. The van der Waals surface area contributed by atoms with Gasteiger partial charge in [0, 0.05) is 17.4 Å². The van der Waals surface area contributed by atoms with Crippen molar-refractivity contribution in [2.45, 2.75) is 20.4 Å². The summed E-state index contributed by atoms with van der Waals surface area (Å²) < 4.78 is 7.60. The zero-order valence-corrected chi connectivity index (χ0v) is 15.7. The second kappa shape index (κ2) is 7.52. The molecule has 0 saturated heterocycles. The van der Waals surface area contributed by atoms with Gasteiger partial charge >= 0.3 is 0 Å². The SMILES string of the molecule is Cc1ccc(NC(=O)Cn2cccc2-c2nnc(-c3ccccc3)o2)c(C)c1. The Labute approximate surface area is 162 Å². The number of aromatic nitrogens is 3. The number of carbonyl (C=O) groups is 1. The Bertz CT molecular complexity index is 1110. The fourth-order valence-electron chi connectivity index (χ4n) is 3.07. The molecule has 140 valence electrons. The van der Waals surface area contributed by atoms with Gasteiger partial charge in [-0.3, -0.25) is 4.79 Å². The van der Waals surface area contributed by atoms with E-state index in [4.69, 9.17) is 4.42 Å². The van der Waals surface area contributed by atoms with E-state index in [2.05, 4.69) is 15.5 Å². The predicted octanol–water partition coefficient (Wildman–Crippen LogP) is 4.46. The number of amides is 1. The number of nitrogens with one attached hydrogen (secondary N) is 1. The summed E-state index contributed by atoms with van der Waals surface area (Å²) in [6.07, 6.45) is 1.82. The molecule has 0 aliphatic carbocycles. The minimum absolute atomic E-state index is 0.118. The summed E-state index contributed by atoms with van der Waals surface area (Å²) >= 11 is 0. The van der Waals surface area contributed by atoms with E-state index in [0.717, 1.165) is 22.4 Å². The lowest BCUT2D eigenvalue weighted by Gasteiger charge is -2.11. The van der Waals surface area contributed by atoms with Crippen LogP contribution in [-0.4, -0.2) is 20.7 Å². The van der Waals surface area contributed by atoms with Gasteiger partial charge in [0.05, 0.1) is 0 Å². The Morgan fingerprint density at radius 2 is 1.79 bits per heavy atom. The molecule has 4 rings (SSSR count). The summed E-state index contributed by atoms with van der Waals surface area (Å²) in [7, 11) is 0. The Morgan fingerprint density at radius 3 is 2.57 bits per heavy atom. The summed E-state index contributed by atoms with van der Waals surface area (Å²) in [4.78, 5) is 12.5. The van der Waals surface area contributed by atoms with E-state index in [1.54, 1.807) is 4.57 Å². The van der Waals surface area contributed by atoms with Gasteiger partial charge in [-0.2, -0.15) is 0 Å². The number of carbonyl (C=O) groups excluding carboxylic acids is 1. The van der Waals surface area contributed by atoms with Crippen molar-refractivity contribution in [3.05, 3.63) is 78.0 Å². The van der Waals surface area contributed by atoms with Crippen LogP contribution >= 0.6 is 0 Å². The largest absolute Gasteiger partial charge is 0.415 e. The third-order valence-electron chi connectivity index (χ3n) is 4.46. The number of hydrogen-bond donors (Lipinski definition) is 1. The Balaban J connectivity index is 1.52. The molecule has 2 heterocycles. The zero-order valence-electron chi connectivity index (χ0n) is 15.7. The second-order valence-corrected chi connectivity index (χ2v) is 6.67. The van der Waals surface area contributed by atoms with Crippen LogP contribution in [0.4, 0.5) is 5.69 Å². The molecule has 4 aromatic rings. The van der Waals surface area contributed by atoms with Crippen molar-refractivity contribution in [2.24, 2.45) is 0 Å². The highest BCUT2D eigenvalue weighted by Crippen LogP contribution is 2.24. The third-order valence-corrected chi connectivity index (χ3v) is 4.46. The molecule has 6 nitrogen and oxygen atoms in total. The summed E-state index contributed by atoms with van der Waals surface area (Å²) in [6.45, 7) is 4.16. The van der Waals surface area contributed by atoms with Crippen LogP contribution in [0, 0.1) is 13.8 Å². The summed E-state index contributed by atoms with van der Waals surface area (Å²) in [6, 6.07) is 19.2. The lowest BCUT2D eigenvalue weighted by molar-refractivity contribution is -0.116. The van der Waals surface area contributed by atoms with E-state index in [1.165, 1.54) is 0 Å². The van der Waals surface area contributed by atoms with Gasteiger partial charge in [-0.15, -0.1) is 10.2 Å². The fraction of sp³-hybridized carbons (Fsp3) is 0.136. The topological polar surface area (TPSA) is 73.0 Å². The number of aryl methyl sites for hydroxylation is 2. The lowest BCUT2D eigenvalue weighted by atomic mass is 10.1. The molecule has 0 bridgehead atoms. The van der Waals surface area contributed by atoms with Crippen molar-refractivity contribution in [3.63, 3.8) is 0 Å². The third kappa shape index (κ3) is 3.71. The van der Waals surface area contributed by atoms with E-state index in [-0.39, 0.29) is 12.5 Å². The molecule has 0 aliphatic heterocycles. The molecular formula is C22H20N4O2. The summed E-state index contributed by atoms with van der Waals surface area (Å²) in [5, 5.41) is 11.2. The number of rotatable bonds is 5. The first kappa shape index (κ1) is 17.7. The van der Waals surface area contributed by atoms with Gasteiger partial charge in [-0.25, -0.2) is 0 Å². The van der Waals surface area contributed by atoms with Crippen LogP contribution in [0.3, 0.4) is 0 Å². The van der Waals surface area contributed by atoms with E-state index >= 15 is 0 Å². The maximum Gasteiger partial charge on any atom is 0.264 e. The highest BCUT2D eigenvalue weighted by atomic mass is 16.4. The molecule has 1 amide bonds. The molecule has 0 spiro atoms. The Hall–Kier alpha value is -3.67. The maximum absolute atomic E-state index is 12.5. The van der Waals surface area contributed by atoms with Gasteiger partial charge in [-0.1, -0.05) is 35.9 Å². The number of anilines is 1. The molecule has 1 N–H and O–H groups in total. The van der Waals surface area contributed by atoms with Crippen molar-refractivity contribution in [3.8, 4) is 23.0 Å². The molecule has 0 radical (unpaired) electrons. The van der Waals surface area contributed by atoms with E-state index in [0.29, 0.717) is 17.5 Å². The quantitative estimate of drug-likeness (QED) is 0.561. The monoisotopic (exact) mass is 372 g/mol. The average molecular weight is 372 g/mol. The van der Waals surface area contributed by atoms with Crippen LogP contribution in [0.2, 0.25) is 0 Å². The highest BCUT2D eigenvalue weighted by molar-refractivity contribution is 5.91. The van der Waals surface area contributed by atoms with Crippen molar-refractivity contribution in [1.82, 2.24) is 14.8 Å². The van der Waals surface area contributed by atoms with Crippen LogP contribution in [0.1, 0.15) is 11.1 Å². The van der Waals surface area contributed by atoms with Crippen molar-refractivity contribution < 1.29 is 9.21 Å². The first-order chi connectivity index (χ1) is 13.6. The average Bonchev–Trinajstić information content (AvgIpc) is 3.34. The molecule has 0 unspecified atom stereocenters. The van der Waals surface area contributed by atoms with Gasteiger partial charge in [0.1, 0.15) is 12.2 Å². The summed E-state index contributed by atoms with van der Waals surface area (Å²) in [5.41, 5.74) is 4.56. The van der Waals surface area contributed by atoms with Crippen molar-refractivity contribution in [1.29, 1.82) is 0 Å². The van der Waals surface area contributed by atoms with Crippen LogP contribution in [0.15, 0.2) is 71.3 Å². The minimum Gasteiger partial charge on any atom is -0.415 e. The van der Waals surface area contributed by atoms with Gasteiger partial charge in [-0.05, 0) is 49.7 Å². The number of nitrogens with zero attached hydrogens (tertiary/aromatic N) is 3. The highest BCUT2D eigenvalue weighted by Gasteiger charge is 2.15.